The van der Waals surface area contributed by atoms with Crippen molar-refractivity contribution in [2.24, 2.45) is 5.92 Å². The van der Waals surface area contributed by atoms with Gasteiger partial charge in [-0.05, 0) is 30.3 Å². The van der Waals surface area contributed by atoms with E-state index in [1.165, 1.54) is 0 Å². The van der Waals surface area contributed by atoms with E-state index in [1.54, 1.807) is 18.3 Å². The first-order chi connectivity index (χ1) is 11.9. The third-order valence-electron chi connectivity index (χ3n) is 3.67. The fourth-order valence-electron chi connectivity index (χ4n) is 2.24. The zero-order chi connectivity index (χ0) is 18.4. The van der Waals surface area contributed by atoms with Gasteiger partial charge in [0.2, 0.25) is 5.91 Å². The first-order valence-electron chi connectivity index (χ1n) is 8.19. The SMILES string of the molecule is CC(C)C(=O)Nc1ccc(N(C)C)c(C(=O)NCc2ccccn2)c1. The Bertz CT molecular complexity index is 742. The van der Waals surface area contributed by atoms with Gasteiger partial charge in [0.15, 0.2) is 0 Å². The maximum absolute atomic E-state index is 12.6. The highest BCUT2D eigenvalue weighted by Crippen LogP contribution is 2.23. The first-order valence-corrected chi connectivity index (χ1v) is 8.19. The van der Waals surface area contributed by atoms with E-state index in [0.717, 1.165) is 11.4 Å². The van der Waals surface area contributed by atoms with Crippen LogP contribution in [-0.2, 0) is 11.3 Å². The highest BCUT2D eigenvalue weighted by molar-refractivity contribution is 6.02. The number of nitrogens with one attached hydrogen (secondary N) is 2. The van der Waals surface area contributed by atoms with Crippen LogP contribution in [0.5, 0.6) is 0 Å². The molecule has 1 heterocycles. The summed E-state index contributed by atoms with van der Waals surface area (Å²) >= 11 is 0. The molecule has 0 aliphatic carbocycles. The molecule has 2 amide bonds. The van der Waals surface area contributed by atoms with Crippen LogP contribution >= 0.6 is 0 Å². The van der Waals surface area contributed by atoms with Crippen molar-refractivity contribution in [1.29, 1.82) is 0 Å². The van der Waals surface area contributed by atoms with E-state index in [1.807, 2.05) is 57.1 Å². The molecule has 6 nitrogen and oxygen atoms in total. The molecule has 132 valence electrons. The summed E-state index contributed by atoms with van der Waals surface area (Å²) in [6.07, 6.45) is 1.69. The second kappa shape index (κ2) is 8.28. The lowest BCUT2D eigenvalue weighted by atomic mass is 10.1. The molecule has 0 spiro atoms. The molecule has 0 unspecified atom stereocenters. The Morgan fingerprint density at radius 1 is 1.16 bits per heavy atom. The number of rotatable bonds is 6. The monoisotopic (exact) mass is 340 g/mol. The molecule has 25 heavy (non-hydrogen) atoms. The predicted octanol–water partition coefficient (Wildman–Crippen LogP) is 2.67. The van der Waals surface area contributed by atoms with E-state index in [4.69, 9.17) is 0 Å². The van der Waals surface area contributed by atoms with Gasteiger partial charge in [-0.1, -0.05) is 19.9 Å². The summed E-state index contributed by atoms with van der Waals surface area (Å²) in [4.78, 5) is 30.6. The van der Waals surface area contributed by atoms with Crippen LogP contribution < -0.4 is 15.5 Å². The van der Waals surface area contributed by atoms with Crippen LogP contribution in [0.2, 0.25) is 0 Å². The molecule has 0 saturated heterocycles. The Morgan fingerprint density at radius 3 is 2.52 bits per heavy atom. The Balaban J connectivity index is 2.20. The van der Waals surface area contributed by atoms with Crippen molar-refractivity contribution in [3.8, 4) is 0 Å². The lowest BCUT2D eigenvalue weighted by Crippen LogP contribution is -2.26. The summed E-state index contributed by atoms with van der Waals surface area (Å²) in [5.74, 6) is -0.428. The number of hydrogen-bond donors (Lipinski definition) is 2. The molecule has 0 fully saturated rings. The summed E-state index contributed by atoms with van der Waals surface area (Å²) in [6, 6.07) is 10.9. The smallest absolute Gasteiger partial charge is 0.253 e. The molecular formula is C19H24N4O2. The Morgan fingerprint density at radius 2 is 1.92 bits per heavy atom. The maximum Gasteiger partial charge on any atom is 0.253 e. The molecule has 1 aromatic heterocycles. The number of anilines is 2. The standard InChI is InChI=1S/C19H24N4O2/c1-13(2)18(24)22-14-8-9-17(23(3)4)16(11-14)19(25)21-12-15-7-5-6-10-20-15/h5-11,13H,12H2,1-4H3,(H,21,25)(H,22,24). The fraction of sp³-hybridized carbons (Fsp3) is 0.316. The third-order valence-corrected chi connectivity index (χ3v) is 3.67. The number of benzene rings is 1. The van der Waals surface area contributed by atoms with E-state index in [-0.39, 0.29) is 17.7 Å². The van der Waals surface area contributed by atoms with Crippen molar-refractivity contribution < 1.29 is 9.59 Å². The quantitative estimate of drug-likeness (QED) is 0.848. The minimum Gasteiger partial charge on any atom is -0.377 e. The van der Waals surface area contributed by atoms with Crippen LogP contribution in [0.4, 0.5) is 11.4 Å². The minimum atomic E-state index is -0.213. The largest absolute Gasteiger partial charge is 0.377 e. The van der Waals surface area contributed by atoms with Gasteiger partial charge in [0, 0.05) is 37.6 Å². The number of hydrogen-bond acceptors (Lipinski definition) is 4. The zero-order valence-corrected chi connectivity index (χ0v) is 15.0. The molecule has 6 heteroatoms. The number of amides is 2. The minimum absolute atomic E-state index is 0.0857. The van der Waals surface area contributed by atoms with Gasteiger partial charge in [0.25, 0.3) is 5.91 Å². The van der Waals surface area contributed by atoms with Crippen LogP contribution in [0.25, 0.3) is 0 Å². The third kappa shape index (κ3) is 5.04. The molecule has 1 aromatic carbocycles. The summed E-state index contributed by atoms with van der Waals surface area (Å²) in [7, 11) is 3.74. The van der Waals surface area contributed by atoms with Crippen molar-refractivity contribution in [3.05, 3.63) is 53.9 Å². The maximum atomic E-state index is 12.6. The number of aromatic nitrogens is 1. The first kappa shape index (κ1) is 18.4. The van der Waals surface area contributed by atoms with Crippen molar-refractivity contribution in [2.75, 3.05) is 24.3 Å². The molecule has 2 aromatic rings. The Kier molecular flexibility index (Phi) is 6.11. The highest BCUT2D eigenvalue weighted by atomic mass is 16.2. The molecule has 0 saturated carbocycles. The van der Waals surface area contributed by atoms with Crippen molar-refractivity contribution in [3.63, 3.8) is 0 Å². The van der Waals surface area contributed by atoms with E-state index in [0.29, 0.717) is 17.8 Å². The molecular weight excluding hydrogens is 316 g/mol. The van der Waals surface area contributed by atoms with E-state index in [9.17, 15) is 9.59 Å². The van der Waals surface area contributed by atoms with E-state index >= 15 is 0 Å². The lowest BCUT2D eigenvalue weighted by molar-refractivity contribution is -0.118. The van der Waals surface area contributed by atoms with Gasteiger partial charge in [0.05, 0.1) is 17.8 Å². The molecule has 0 aliphatic heterocycles. The topological polar surface area (TPSA) is 74.3 Å². The summed E-state index contributed by atoms with van der Waals surface area (Å²) in [6.45, 7) is 3.99. The number of nitrogens with zero attached hydrogens (tertiary/aromatic N) is 2. The second-order valence-corrected chi connectivity index (χ2v) is 6.27. The fourth-order valence-corrected chi connectivity index (χ4v) is 2.24. The van der Waals surface area contributed by atoms with Gasteiger partial charge in [-0.15, -0.1) is 0 Å². The summed E-state index contributed by atoms with van der Waals surface area (Å²) in [5, 5.41) is 5.70. The van der Waals surface area contributed by atoms with Gasteiger partial charge in [-0.3, -0.25) is 14.6 Å². The zero-order valence-electron chi connectivity index (χ0n) is 15.0. The van der Waals surface area contributed by atoms with Crippen LogP contribution in [0.3, 0.4) is 0 Å². The van der Waals surface area contributed by atoms with Crippen LogP contribution in [0.15, 0.2) is 42.6 Å². The molecule has 2 rings (SSSR count). The van der Waals surface area contributed by atoms with Crippen LogP contribution in [-0.4, -0.2) is 30.9 Å². The van der Waals surface area contributed by atoms with Crippen molar-refractivity contribution >= 4 is 23.2 Å². The number of carbonyl (C=O) groups is 2. The van der Waals surface area contributed by atoms with E-state index in [2.05, 4.69) is 15.6 Å². The van der Waals surface area contributed by atoms with Gasteiger partial charge < -0.3 is 15.5 Å². The van der Waals surface area contributed by atoms with Crippen LogP contribution in [0.1, 0.15) is 29.9 Å². The number of pyridine rings is 1. The Labute approximate surface area is 148 Å². The van der Waals surface area contributed by atoms with Gasteiger partial charge in [-0.25, -0.2) is 0 Å². The number of carbonyl (C=O) groups excluding carboxylic acids is 2. The average molecular weight is 340 g/mol. The summed E-state index contributed by atoms with van der Waals surface area (Å²) < 4.78 is 0. The van der Waals surface area contributed by atoms with Crippen molar-refractivity contribution in [2.45, 2.75) is 20.4 Å². The molecule has 0 aliphatic rings. The molecule has 0 bridgehead atoms. The van der Waals surface area contributed by atoms with Gasteiger partial charge >= 0.3 is 0 Å². The van der Waals surface area contributed by atoms with Gasteiger partial charge in [0.1, 0.15) is 0 Å². The Hall–Kier alpha value is -2.89. The second-order valence-electron chi connectivity index (χ2n) is 6.27. The van der Waals surface area contributed by atoms with Gasteiger partial charge in [-0.2, -0.15) is 0 Å². The average Bonchev–Trinajstić information content (AvgIpc) is 2.60. The van der Waals surface area contributed by atoms with Crippen molar-refractivity contribution in [1.82, 2.24) is 10.3 Å². The molecule has 2 N–H and O–H groups in total. The molecule has 0 atom stereocenters. The summed E-state index contributed by atoms with van der Waals surface area (Å²) in [5.41, 5.74) is 2.67. The van der Waals surface area contributed by atoms with E-state index < -0.39 is 0 Å². The lowest BCUT2D eigenvalue weighted by Gasteiger charge is -2.19. The molecule has 0 radical (unpaired) electrons. The highest BCUT2D eigenvalue weighted by Gasteiger charge is 2.15. The van der Waals surface area contributed by atoms with Crippen LogP contribution in [0, 0.1) is 5.92 Å². The normalized spacial score (nSPS) is 10.4. The predicted molar refractivity (Wildman–Crippen MR) is 99.6 cm³/mol.